The van der Waals surface area contributed by atoms with Gasteiger partial charge in [0.05, 0.1) is 29.9 Å². The number of pyridine rings is 2. The van der Waals surface area contributed by atoms with Crippen LogP contribution in [0.5, 0.6) is 0 Å². The molecule has 2 aliphatic heterocycles. The van der Waals surface area contributed by atoms with Crippen LogP contribution in [0.2, 0.25) is 0 Å². The van der Waals surface area contributed by atoms with Crippen molar-refractivity contribution in [3.8, 4) is 11.3 Å². The number of hydrogen-bond donors (Lipinski definition) is 1. The Morgan fingerprint density at radius 1 is 1.14 bits per heavy atom. The number of nitrogens with zero attached hydrogens (tertiary/aromatic N) is 5. The molecule has 184 valence electrons. The number of hydrogen-bond acceptors (Lipinski definition) is 5. The fourth-order valence-corrected chi connectivity index (χ4v) is 6.03. The third-order valence-corrected chi connectivity index (χ3v) is 8.19. The minimum Gasteiger partial charge on any atom is -0.380 e. The number of likely N-dealkylation sites (tertiary alicyclic amines) is 1. The number of aromatic amines is 1. The quantitative estimate of drug-likeness (QED) is 0.431. The van der Waals surface area contributed by atoms with E-state index in [-0.39, 0.29) is 0 Å². The summed E-state index contributed by atoms with van der Waals surface area (Å²) < 4.78 is 7.34. The molecule has 0 spiro atoms. The number of rotatable bonds is 5. The maximum absolute atomic E-state index is 5.46. The minimum absolute atomic E-state index is 0.347. The molecule has 0 atom stereocenters. The number of H-pyrrole nitrogens is 1. The van der Waals surface area contributed by atoms with E-state index < -0.39 is 0 Å². The molecule has 0 bridgehead atoms. The summed E-state index contributed by atoms with van der Waals surface area (Å²) in [5.41, 5.74) is 10.7. The van der Waals surface area contributed by atoms with Crippen LogP contribution in [-0.2, 0) is 4.74 Å². The molecule has 0 unspecified atom stereocenters. The summed E-state index contributed by atoms with van der Waals surface area (Å²) in [5, 5.41) is 4.41. The molecular formula is C28H36N6O. The lowest BCUT2D eigenvalue weighted by Gasteiger charge is -2.43. The Bertz CT molecular complexity index is 1390. The van der Waals surface area contributed by atoms with Crippen molar-refractivity contribution in [3.05, 3.63) is 47.0 Å². The van der Waals surface area contributed by atoms with Gasteiger partial charge in [-0.15, -0.1) is 0 Å². The first-order valence-electron chi connectivity index (χ1n) is 13.0. The van der Waals surface area contributed by atoms with E-state index >= 15 is 0 Å². The van der Waals surface area contributed by atoms with Crippen LogP contribution >= 0.6 is 0 Å². The summed E-state index contributed by atoms with van der Waals surface area (Å²) in [6.45, 7) is 16.4. The molecule has 35 heavy (non-hydrogen) atoms. The monoisotopic (exact) mass is 472 g/mol. The van der Waals surface area contributed by atoms with Crippen LogP contribution in [0, 0.1) is 19.3 Å². The van der Waals surface area contributed by atoms with Crippen molar-refractivity contribution in [1.82, 2.24) is 29.5 Å². The van der Waals surface area contributed by atoms with Gasteiger partial charge in [0, 0.05) is 40.9 Å². The average molecular weight is 473 g/mol. The van der Waals surface area contributed by atoms with Crippen LogP contribution in [0.3, 0.4) is 0 Å². The van der Waals surface area contributed by atoms with Crippen molar-refractivity contribution < 1.29 is 4.74 Å². The molecule has 0 aromatic carbocycles. The average Bonchev–Trinajstić information content (AvgIpc) is 3.45. The van der Waals surface area contributed by atoms with Gasteiger partial charge in [-0.1, -0.05) is 20.8 Å². The predicted octanol–water partition coefficient (Wildman–Crippen LogP) is 5.23. The maximum atomic E-state index is 5.46. The molecular weight excluding hydrogens is 436 g/mol. The van der Waals surface area contributed by atoms with Crippen LogP contribution in [0.15, 0.2) is 24.7 Å². The summed E-state index contributed by atoms with van der Waals surface area (Å²) >= 11 is 0. The highest BCUT2D eigenvalue weighted by atomic mass is 16.5. The van der Waals surface area contributed by atoms with Crippen molar-refractivity contribution in [3.63, 3.8) is 0 Å². The number of aromatic nitrogens is 5. The van der Waals surface area contributed by atoms with E-state index in [4.69, 9.17) is 9.72 Å². The van der Waals surface area contributed by atoms with Crippen LogP contribution in [0.4, 0.5) is 0 Å². The van der Waals surface area contributed by atoms with Gasteiger partial charge in [0.15, 0.2) is 5.65 Å². The van der Waals surface area contributed by atoms with E-state index in [0.29, 0.717) is 17.3 Å². The largest absolute Gasteiger partial charge is 0.380 e. The second-order valence-corrected chi connectivity index (χ2v) is 11.4. The van der Waals surface area contributed by atoms with E-state index in [0.717, 1.165) is 60.8 Å². The molecule has 1 N–H and O–H groups in total. The van der Waals surface area contributed by atoms with Crippen LogP contribution in [0.1, 0.15) is 67.8 Å². The molecule has 4 aromatic heterocycles. The first-order valence-corrected chi connectivity index (χ1v) is 13.0. The van der Waals surface area contributed by atoms with Crippen LogP contribution < -0.4 is 0 Å². The Kier molecular flexibility index (Phi) is 5.45. The Balaban J connectivity index is 1.33. The molecule has 6 heterocycles. The minimum atomic E-state index is 0.347. The summed E-state index contributed by atoms with van der Waals surface area (Å²) in [5.74, 6) is 0.870. The molecule has 6 rings (SSSR count). The fraction of sp³-hybridized carbons (Fsp3) is 0.536. The van der Waals surface area contributed by atoms with Gasteiger partial charge in [-0.25, -0.2) is 9.50 Å². The molecule has 2 aliphatic rings. The van der Waals surface area contributed by atoms with Crippen molar-refractivity contribution in [1.29, 1.82) is 0 Å². The molecule has 2 fully saturated rings. The van der Waals surface area contributed by atoms with Crippen molar-refractivity contribution >= 4 is 16.7 Å². The van der Waals surface area contributed by atoms with Crippen molar-refractivity contribution in [2.75, 3.05) is 32.8 Å². The molecule has 2 saturated heterocycles. The molecule has 0 radical (unpaired) electrons. The first kappa shape index (κ1) is 22.7. The zero-order chi connectivity index (χ0) is 24.3. The van der Waals surface area contributed by atoms with E-state index in [9.17, 15) is 0 Å². The zero-order valence-corrected chi connectivity index (χ0v) is 21.6. The second-order valence-electron chi connectivity index (χ2n) is 11.4. The highest BCUT2D eigenvalue weighted by Crippen LogP contribution is 2.39. The van der Waals surface area contributed by atoms with Crippen LogP contribution in [0.25, 0.3) is 27.9 Å². The second kappa shape index (κ2) is 8.42. The smallest absolute Gasteiger partial charge is 0.158 e. The molecule has 7 nitrogen and oxygen atoms in total. The van der Waals surface area contributed by atoms with E-state index in [1.807, 2.05) is 4.52 Å². The van der Waals surface area contributed by atoms with Gasteiger partial charge in [-0.2, -0.15) is 5.10 Å². The topological polar surface area (TPSA) is 71.3 Å². The normalized spacial score (nSPS) is 19.1. The number of ether oxygens (including phenoxy) is 1. The highest BCUT2D eigenvalue weighted by Gasteiger charge is 2.36. The summed E-state index contributed by atoms with van der Waals surface area (Å²) in [6, 6.07) is 4.48. The third kappa shape index (κ3) is 3.85. The standard InChI is InChI=1S/C28H36N6O/c1-17(2)24-25(21-12-34-27(29-16-30-34)19(4)18(21)3)32-23-7-6-22(31-26(23)24)20-8-10-33(11-9-20)13-28(5)14-35-15-28/h6-7,12,16-17,20,32H,8-11,13-15H2,1-5H3. The predicted molar refractivity (Wildman–Crippen MR) is 139 cm³/mol. The zero-order valence-electron chi connectivity index (χ0n) is 21.6. The van der Waals surface area contributed by atoms with Crippen molar-refractivity contribution in [2.24, 2.45) is 5.41 Å². The molecule has 4 aromatic rings. The van der Waals surface area contributed by atoms with Gasteiger partial charge in [-0.05, 0) is 69.0 Å². The van der Waals surface area contributed by atoms with Gasteiger partial charge in [0.2, 0.25) is 0 Å². The van der Waals surface area contributed by atoms with Crippen molar-refractivity contribution in [2.45, 2.75) is 59.3 Å². The van der Waals surface area contributed by atoms with Gasteiger partial charge in [0.25, 0.3) is 0 Å². The van der Waals surface area contributed by atoms with Gasteiger partial charge >= 0.3 is 0 Å². The number of aryl methyl sites for hydroxylation is 1. The summed E-state index contributed by atoms with van der Waals surface area (Å²) in [4.78, 5) is 16.1. The van der Waals surface area contributed by atoms with E-state index in [2.05, 4.69) is 72.9 Å². The number of nitrogens with one attached hydrogen (secondary N) is 1. The van der Waals surface area contributed by atoms with Gasteiger partial charge in [-0.3, -0.25) is 4.98 Å². The molecule has 0 saturated carbocycles. The van der Waals surface area contributed by atoms with Gasteiger partial charge < -0.3 is 14.6 Å². The van der Waals surface area contributed by atoms with Crippen LogP contribution in [-0.4, -0.2) is 62.3 Å². The summed E-state index contributed by atoms with van der Waals surface area (Å²) in [7, 11) is 0. The number of piperidine rings is 1. The molecule has 0 amide bonds. The van der Waals surface area contributed by atoms with E-state index in [1.165, 1.54) is 35.2 Å². The third-order valence-electron chi connectivity index (χ3n) is 8.19. The van der Waals surface area contributed by atoms with Gasteiger partial charge in [0.1, 0.15) is 6.33 Å². The SMILES string of the molecule is Cc1c(-c2[nH]c3ccc(C4CCN(CC5(C)COC5)CC4)nc3c2C(C)C)cn2ncnc2c1C. The maximum Gasteiger partial charge on any atom is 0.158 e. The fourth-order valence-electron chi connectivity index (χ4n) is 6.03. The molecule has 7 heteroatoms. The Labute approximate surface area is 206 Å². The van der Waals surface area contributed by atoms with E-state index in [1.54, 1.807) is 6.33 Å². The lowest BCUT2D eigenvalue weighted by molar-refractivity contribution is -0.116. The molecule has 0 aliphatic carbocycles. The Hall–Kier alpha value is -2.77. The Morgan fingerprint density at radius 3 is 2.60 bits per heavy atom. The summed E-state index contributed by atoms with van der Waals surface area (Å²) in [6.07, 6.45) is 6.07. The lowest BCUT2D eigenvalue weighted by Crippen LogP contribution is -2.50. The number of fused-ring (bicyclic) bond motifs is 2. The Morgan fingerprint density at radius 2 is 1.91 bits per heavy atom. The highest BCUT2D eigenvalue weighted by molar-refractivity contribution is 5.89. The lowest BCUT2D eigenvalue weighted by atomic mass is 9.86. The first-order chi connectivity index (χ1) is 16.8.